The molecule has 9 nitrogen and oxygen atoms in total. The van der Waals surface area contributed by atoms with E-state index in [1.54, 1.807) is 23.1 Å². The number of hydrogen-bond donors (Lipinski definition) is 2. The molecule has 1 aromatic rings. The molecule has 0 spiro atoms. The van der Waals surface area contributed by atoms with Crippen LogP contribution in [0.15, 0.2) is 18.2 Å². The number of nitrogens with one attached hydrogen (secondary N) is 2. The Bertz CT molecular complexity index is 945. The monoisotopic (exact) mass is 487 g/mol. The van der Waals surface area contributed by atoms with Crippen molar-refractivity contribution < 1.29 is 28.7 Å². The Kier molecular flexibility index (Phi) is 9.12. The summed E-state index contributed by atoms with van der Waals surface area (Å²) in [5.74, 6) is 0.609. The van der Waals surface area contributed by atoms with Crippen molar-refractivity contribution in [3.63, 3.8) is 0 Å². The largest absolute Gasteiger partial charge is 0.454 e. The fourth-order valence-corrected chi connectivity index (χ4v) is 4.22. The molecule has 1 fully saturated rings. The van der Waals surface area contributed by atoms with Crippen LogP contribution in [-0.2, 0) is 14.4 Å². The zero-order valence-corrected chi connectivity index (χ0v) is 21.1. The van der Waals surface area contributed by atoms with Crippen LogP contribution in [0.1, 0.15) is 70.2 Å². The number of nitrogens with zero attached hydrogens (tertiary/aromatic N) is 1. The number of amides is 3. The van der Waals surface area contributed by atoms with Gasteiger partial charge in [-0.15, -0.1) is 0 Å². The third kappa shape index (κ3) is 7.44. The molecule has 2 aliphatic heterocycles. The molecule has 3 amide bonds. The standard InChI is InChI=1S/C26H37N3O6/c1-16(2)7-10-24(31)29-11-5-6-19(21(30)14-29)27-26(33)20(12-17(3)4)28-25(32)18-8-9-22-23(13-18)35-15-34-22/h8-9,13,16-17,19-20H,5-7,10-12,14-15H2,1-4H3,(H,27,33)(H,28,32)/t19?,20-/m0/s1. The first-order chi connectivity index (χ1) is 16.6. The molecule has 0 aromatic heterocycles. The van der Waals surface area contributed by atoms with Crippen LogP contribution in [0.2, 0.25) is 0 Å². The fourth-order valence-electron chi connectivity index (χ4n) is 4.22. The van der Waals surface area contributed by atoms with E-state index in [9.17, 15) is 19.2 Å². The second-order valence-electron chi connectivity index (χ2n) is 10.1. The Morgan fingerprint density at radius 2 is 1.83 bits per heavy atom. The SMILES string of the molecule is CC(C)CCC(=O)N1CCCC(NC(=O)[C@H](CC(C)C)NC(=O)c2ccc3c(c2)OCO3)C(=O)C1. The first-order valence-electron chi connectivity index (χ1n) is 12.5. The second kappa shape index (κ2) is 12.0. The summed E-state index contributed by atoms with van der Waals surface area (Å²) in [6.07, 6.45) is 2.71. The van der Waals surface area contributed by atoms with Gasteiger partial charge in [-0.05, 0) is 55.7 Å². The van der Waals surface area contributed by atoms with Crippen molar-refractivity contribution in [2.24, 2.45) is 11.8 Å². The highest BCUT2D eigenvalue weighted by Crippen LogP contribution is 2.32. The summed E-state index contributed by atoms with van der Waals surface area (Å²) < 4.78 is 10.6. The summed E-state index contributed by atoms with van der Waals surface area (Å²) in [6, 6.07) is 3.39. The van der Waals surface area contributed by atoms with Crippen LogP contribution < -0.4 is 20.1 Å². The molecule has 2 aliphatic rings. The van der Waals surface area contributed by atoms with Gasteiger partial charge in [0.15, 0.2) is 17.3 Å². The van der Waals surface area contributed by atoms with Gasteiger partial charge in [-0.25, -0.2) is 0 Å². The fraction of sp³-hybridized carbons (Fsp3) is 0.615. The highest BCUT2D eigenvalue weighted by atomic mass is 16.7. The van der Waals surface area contributed by atoms with Gasteiger partial charge in [0.25, 0.3) is 5.91 Å². The van der Waals surface area contributed by atoms with E-state index >= 15 is 0 Å². The van der Waals surface area contributed by atoms with E-state index in [2.05, 4.69) is 24.5 Å². The Morgan fingerprint density at radius 1 is 1.09 bits per heavy atom. The van der Waals surface area contributed by atoms with E-state index in [0.29, 0.717) is 55.2 Å². The zero-order chi connectivity index (χ0) is 25.5. The van der Waals surface area contributed by atoms with E-state index < -0.39 is 23.9 Å². The lowest BCUT2D eigenvalue weighted by atomic mass is 10.0. The van der Waals surface area contributed by atoms with Gasteiger partial charge in [0.05, 0.1) is 12.6 Å². The Hall–Kier alpha value is -3.10. The van der Waals surface area contributed by atoms with Crippen molar-refractivity contribution in [3.05, 3.63) is 23.8 Å². The Labute approximate surface area is 206 Å². The molecule has 9 heteroatoms. The van der Waals surface area contributed by atoms with Gasteiger partial charge < -0.3 is 25.0 Å². The molecule has 0 radical (unpaired) electrons. The molecule has 2 atom stereocenters. The van der Waals surface area contributed by atoms with E-state index in [1.165, 1.54) is 0 Å². The maximum absolute atomic E-state index is 13.1. The van der Waals surface area contributed by atoms with Gasteiger partial charge in [0.1, 0.15) is 6.04 Å². The quantitative estimate of drug-likeness (QED) is 0.554. The lowest BCUT2D eigenvalue weighted by Gasteiger charge is -2.24. The van der Waals surface area contributed by atoms with Crippen LogP contribution >= 0.6 is 0 Å². The minimum absolute atomic E-state index is 0.000276. The molecule has 1 unspecified atom stereocenters. The number of ether oxygens (including phenoxy) is 2. The first kappa shape index (κ1) is 26.5. The van der Waals surface area contributed by atoms with E-state index in [-0.39, 0.29) is 30.9 Å². The third-order valence-electron chi connectivity index (χ3n) is 6.22. The van der Waals surface area contributed by atoms with Crippen molar-refractivity contribution in [1.82, 2.24) is 15.5 Å². The summed E-state index contributed by atoms with van der Waals surface area (Å²) in [6.45, 7) is 8.66. The van der Waals surface area contributed by atoms with Crippen molar-refractivity contribution in [1.29, 1.82) is 0 Å². The van der Waals surface area contributed by atoms with Gasteiger partial charge in [-0.3, -0.25) is 19.2 Å². The van der Waals surface area contributed by atoms with Gasteiger partial charge in [0, 0.05) is 18.5 Å². The number of benzene rings is 1. The number of carbonyl (C=O) groups excluding carboxylic acids is 4. The number of carbonyl (C=O) groups is 4. The van der Waals surface area contributed by atoms with Crippen LogP contribution in [0.5, 0.6) is 11.5 Å². The molecule has 0 bridgehead atoms. The average molecular weight is 488 g/mol. The van der Waals surface area contributed by atoms with Crippen LogP contribution in [0, 0.1) is 11.8 Å². The zero-order valence-electron chi connectivity index (χ0n) is 21.1. The minimum Gasteiger partial charge on any atom is -0.454 e. The molecule has 35 heavy (non-hydrogen) atoms. The molecule has 192 valence electrons. The normalized spacial score (nSPS) is 18.4. The average Bonchev–Trinajstić information content (AvgIpc) is 3.20. The number of hydrogen-bond acceptors (Lipinski definition) is 6. The number of likely N-dealkylation sites (tertiary alicyclic amines) is 1. The summed E-state index contributed by atoms with van der Waals surface area (Å²) in [5, 5.41) is 5.64. The Balaban J connectivity index is 1.61. The number of rotatable bonds is 9. The van der Waals surface area contributed by atoms with Crippen molar-refractivity contribution in [2.45, 2.75) is 71.9 Å². The molecular weight excluding hydrogens is 450 g/mol. The number of Topliss-reactive ketones (excluding diaryl/α,β-unsaturated/α-hetero) is 1. The van der Waals surface area contributed by atoms with Gasteiger partial charge in [-0.2, -0.15) is 0 Å². The second-order valence-corrected chi connectivity index (χ2v) is 10.1. The van der Waals surface area contributed by atoms with Crippen molar-refractivity contribution in [3.8, 4) is 11.5 Å². The molecule has 1 saturated heterocycles. The highest BCUT2D eigenvalue weighted by Gasteiger charge is 2.31. The maximum atomic E-state index is 13.1. The summed E-state index contributed by atoms with van der Waals surface area (Å²) in [4.78, 5) is 53.0. The predicted molar refractivity (Wildman–Crippen MR) is 130 cm³/mol. The molecule has 2 heterocycles. The molecule has 3 rings (SSSR count). The highest BCUT2D eigenvalue weighted by molar-refractivity contribution is 5.99. The number of ketones is 1. The maximum Gasteiger partial charge on any atom is 0.252 e. The summed E-state index contributed by atoms with van der Waals surface area (Å²) in [7, 11) is 0. The third-order valence-corrected chi connectivity index (χ3v) is 6.22. The molecule has 1 aromatic carbocycles. The molecule has 0 saturated carbocycles. The number of fused-ring (bicyclic) bond motifs is 1. The molecular formula is C26H37N3O6. The lowest BCUT2D eigenvalue weighted by molar-refractivity contribution is -0.135. The lowest BCUT2D eigenvalue weighted by Crippen LogP contribution is -2.52. The smallest absolute Gasteiger partial charge is 0.252 e. The topological polar surface area (TPSA) is 114 Å². The van der Waals surface area contributed by atoms with Crippen LogP contribution in [0.4, 0.5) is 0 Å². The van der Waals surface area contributed by atoms with Crippen LogP contribution in [-0.4, -0.2) is 60.4 Å². The van der Waals surface area contributed by atoms with E-state index in [0.717, 1.165) is 6.42 Å². The van der Waals surface area contributed by atoms with Gasteiger partial charge in [0.2, 0.25) is 18.6 Å². The van der Waals surface area contributed by atoms with Crippen molar-refractivity contribution >= 4 is 23.5 Å². The Morgan fingerprint density at radius 3 is 2.54 bits per heavy atom. The minimum atomic E-state index is -0.798. The predicted octanol–water partition coefficient (Wildman–Crippen LogP) is 2.67. The van der Waals surface area contributed by atoms with Crippen LogP contribution in [0.25, 0.3) is 0 Å². The van der Waals surface area contributed by atoms with E-state index in [1.807, 2.05) is 13.8 Å². The van der Waals surface area contributed by atoms with Gasteiger partial charge >= 0.3 is 0 Å². The van der Waals surface area contributed by atoms with Gasteiger partial charge in [-0.1, -0.05) is 27.7 Å². The van der Waals surface area contributed by atoms with E-state index in [4.69, 9.17) is 9.47 Å². The molecule has 2 N–H and O–H groups in total. The van der Waals surface area contributed by atoms with Crippen LogP contribution in [0.3, 0.4) is 0 Å². The molecule has 0 aliphatic carbocycles. The summed E-state index contributed by atoms with van der Waals surface area (Å²) >= 11 is 0. The summed E-state index contributed by atoms with van der Waals surface area (Å²) in [5.41, 5.74) is 0.358. The first-order valence-corrected chi connectivity index (χ1v) is 12.5. The van der Waals surface area contributed by atoms with Crippen molar-refractivity contribution in [2.75, 3.05) is 19.9 Å².